The van der Waals surface area contributed by atoms with Crippen LogP contribution in [0, 0.1) is 0 Å². The molecule has 4 nitrogen and oxygen atoms in total. The number of nitrogens with one attached hydrogen (secondary N) is 1. The van der Waals surface area contributed by atoms with Crippen LogP contribution in [0.5, 0.6) is 0 Å². The number of nitrogens with zero attached hydrogens (tertiary/aromatic N) is 1. The zero-order chi connectivity index (χ0) is 13.5. The Bertz CT molecular complexity index is 398. The Balaban J connectivity index is 2.75. The lowest BCUT2D eigenvalue weighted by Crippen LogP contribution is -2.26. The van der Waals surface area contributed by atoms with E-state index in [-0.39, 0.29) is 12.6 Å². The Morgan fingerprint density at radius 3 is 2.72 bits per heavy atom. The molecule has 0 aromatic heterocycles. The molecular weight excluding hydrogens is 226 g/mol. The van der Waals surface area contributed by atoms with E-state index in [1.807, 2.05) is 19.1 Å². The summed E-state index contributed by atoms with van der Waals surface area (Å²) in [6.45, 7) is 6.28. The van der Waals surface area contributed by atoms with Gasteiger partial charge in [0.2, 0.25) is 0 Å². The van der Waals surface area contributed by atoms with Gasteiger partial charge in [-0.3, -0.25) is 0 Å². The number of hydrogen-bond donors (Lipinski definition) is 3. The molecule has 0 radical (unpaired) electrons. The number of aliphatic hydroxyl groups excluding tert-OH is 1. The van der Waals surface area contributed by atoms with Crippen molar-refractivity contribution in [1.29, 1.82) is 0 Å². The van der Waals surface area contributed by atoms with Gasteiger partial charge in [-0.15, -0.1) is 0 Å². The Morgan fingerprint density at radius 2 is 2.17 bits per heavy atom. The number of aliphatic hydroxyl groups is 1. The first-order chi connectivity index (χ1) is 8.56. The van der Waals surface area contributed by atoms with Crippen molar-refractivity contribution in [2.45, 2.75) is 39.2 Å². The van der Waals surface area contributed by atoms with Crippen molar-refractivity contribution in [2.24, 2.45) is 10.7 Å². The highest BCUT2D eigenvalue weighted by molar-refractivity contribution is 5.92. The van der Waals surface area contributed by atoms with Crippen LogP contribution in [0.25, 0.3) is 0 Å². The van der Waals surface area contributed by atoms with Gasteiger partial charge in [0.05, 0.1) is 12.6 Å². The molecule has 4 N–H and O–H groups in total. The maximum atomic E-state index is 9.07. The van der Waals surface area contributed by atoms with Crippen molar-refractivity contribution in [2.75, 3.05) is 11.9 Å². The van der Waals surface area contributed by atoms with Crippen LogP contribution >= 0.6 is 0 Å². The summed E-state index contributed by atoms with van der Waals surface area (Å²) in [5, 5.41) is 12.1. The van der Waals surface area contributed by atoms with Crippen molar-refractivity contribution in [3.05, 3.63) is 29.8 Å². The summed E-state index contributed by atoms with van der Waals surface area (Å²) in [5.41, 5.74) is 7.99. The summed E-state index contributed by atoms with van der Waals surface area (Å²) in [6.07, 6.45) is 0.769. The topological polar surface area (TPSA) is 70.6 Å². The van der Waals surface area contributed by atoms with Crippen molar-refractivity contribution in [1.82, 2.24) is 0 Å². The van der Waals surface area contributed by atoms with Gasteiger partial charge in [0.1, 0.15) is 0 Å². The maximum absolute atomic E-state index is 9.07. The lowest BCUT2D eigenvalue weighted by Gasteiger charge is -2.12. The smallest absolute Gasteiger partial charge is 0.193 e. The molecule has 0 saturated carbocycles. The second-order valence-corrected chi connectivity index (χ2v) is 4.66. The number of guanidine groups is 1. The number of anilines is 1. The molecule has 0 heterocycles. The normalized spacial score (nSPS) is 13.7. The molecule has 0 saturated heterocycles. The average Bonchev–Trinajstić information content (AvgIpc) is 2.36. The van der Waals surface area contributed by atoms with Crippen molar-refractivity contribution >= 4 is 11.6 Å². The number of hydrogen-bond acceptors (Lipinski definition) is 2. The van der Waals surface area contributed by atoms with Gasteiger partial charge in [-0.05, 0) is 30.0 Å². The lowest BCUT2D eigenvalue weighted by atomic mass is 10.0. The average molecular weight is 249 g/mol. The minimum atomic E-state index is -0.134. The van der Waals surface area contributed by atoms with Crippen molar-refractivity contribution in [3.63, 3.8) is 0 Å². The number of nitrogens with two attached hydrogens (primary N) is 1. The fourth-order valence-electron chi connectivity index (χ4n) is 1.61. The second-order valence-electron chi connectivity index (χ2n) is 4.66. The molecule has 1 atom stereocenters. The summed E-state index contributed by atoms with van der Waals surface area (Å²) in [7, 11) is 0. The summed E-state index contributed by atoms with van der Waals surface area (Å²) < 4.78 is 0. The SMILES string of the molecule is CC[C@H](CO)N=C(N)Nc1cccc(C(C)C)c1. The quantitative estimate of drug-likeness (QED) is 0.554. The molecule has 0 spiro atoms. The molecular formula is C14H23N3O. The van der Waals surface area contributed by atoms with Gasteiger partial charge in [-0.2, -0.15) is 0 Å². The lowest BCUT2D eigenvalue weighted by molar-refractivity contribution is 0.264. The van der Waals surface area contributed by atoms with Gasteiger partial charge in [-0.1, -0.05) is 32.9 Å². The van der Waals surface area contributed by atoms with Gasteiger partial charge in [0, 0.05) is 5.69 Å². The molecule has 0 aliphatic carbocycles. The van der Waals surface area contributed by atoms with E-state index in [1.54, 1.807) is 0 Å². The van der Waals surface area contributed by atoms with Crippen LogP contribution in [-0.2, 0) is 0 Å². The van der Waals surface area contributed by atoms with Gasteiger partial charge in [0.15, 0.2) is 5.96 Å². The predicted molar refractivity (Wildman–Crippen MR) is 76.9 cm³/mol. The summed E-state index contributed by atoms with van der Waals surface area (Å²) in [6, 6.07) is 7.96. The highest BCUT2D eigenvalue weighted by atomic mass is 16.3. The van der Waals surface area contributed by atoms with E-state index in [4.69, 9.17) is 10.8 Å². The van der Waals surface area contributed by atoms with E-state index in [0.717, 1.165) is 12.1 Å². The number of rotatable bonds is 5. The second kappa shape index (κ2) is 7.01. The number of aliphatic imine (C=N–C) groups is 1. The zero-order valence-corrected chi connectivity index (χ0v) is 11.4. The Labute approximate surface area is 109 Å². The summed E-state index contributed by atoms with van der Waals surface area (Å²) >= 11 is 0. The highest BCUT2D eigenvalue weighted by Gasteiger charge is 2.04. The molecule has 0 aliphatic heterocycles. The maximum Gasteiger partial charge on any atom is 0.193 e. The van der Waals surface area contributed by atoms with E-state index >= 15 is 0 Å². The summed E-state index contributed by atoms with van der Waals surface area (Å²) in [4.78, 5) is 4.22. The zero-order valence-electron chi connectivity index (χ0n) is 11.4. The standard InChI is InChI=1S/C14H23N3O/c1-4-12(9-18)16-14(15)17-13-7-5-6-11(8-13)10(2)3/h5-8,10,12,18H,4,9H2,1-3H3,(H3,15,16,17)/t12-/m1/s1. The Kier molecular flexibility index (Phi) is 5.65. The monoisotopic (exact) mass is 249 g/mol. The van der Waals surface area contributed by atoms with E-state index in [9.17, 15) is 0 Å². The van der Waals surface area contributed by atoms with Gasteiger partial charge >= 0.3 is 0 Å². The van der Waals surface area contributed by atoms with Gasteiger partial charge in [-0.25, -0.2) is 4.99 Å². The van der Waals surface area contributed by atoms with Crippen molar-refractivity contribution < 1.29 is 5.11 Å². The third kappa shape index (κ3) is 4.37. The number of benzene rings is 1. The molecule has 0 bridgehead atoms. The fraction of sp³-hybridized carbons (Fsp3) is 0.500. The molecule has 1 rings (SSSR count). The minimum Gasteiger partial charge on any atom is -0.394 e. The molecule has 0 unspecified atom stereocenters. The first-order valence-corrected chi connectivity index (χ1v) is 6.38. The third-order valence-corrected chi connectivity index (χ3v) is 2.83. The van der Waals surface area contributed by atoms with Crippen LogP contribution in [0.3, 0.4) is 0 Å². The molecule has 0 amide bonds. The molecule has 1 aromatic carbocycles. The first kappa shape index (κ1) is 14.5. The molecule has 4 heteroatoms. The largest absolute Gasteiger partial charge is 0.394 e. The molecule has 1 aromatic rings. The van der Waals surface area contributed by atoms with E-state index in [2.05, 4.69) is 36.3 Å². The first-order valence-electron chi connectivity index (χ1n) is 6.38. The van der Waals surface area contributed by atoms with Crippen LogP contribution < -0.4 is 11.1 Å². The van der Waals surface area contributed by atoms with E-state index < -0.39 is 0 Å². The van der Waals surface area contributed by atoms with Crippen LogP contribution in [0.1, 0.15) is 38.7 Å². The Morgan fingerprint density at radius 1 is 1.44 bits per heavy atom. The predicted octanol–water partition coefficient (Wildman–Crippen LogP) is 2.31. The minimum absolute atomic E-state index is 0.0188. The van der Waals surface area contributed by atoms with Crippen LogP contribution in [0.2, 0.25) is 0 Å². The van der Waals surface area contributed by atoms with E-state index in [0.29, 0.717) is 11.9 Å². The third-order valence-electron chi connectivity index (χ3n) is 2.83. The fourth-order valence-corrected chi connectivity index (χ4v) is 1.61. The molecule has 0 fully saturated rings. The molecule has 0 aliphatic rings. The van der Waals surface area contributed by atoms with Crippen LogP contribution in [0.4, 0.5) is 5.69 Å². The summed E-state index contributed by atoms with van der Waals surface area (Å²) in [5.74, 6) is 0.822. The molecule has 100 valence electrons. The highest BCUT2D eigenvalue weighted by Crippen LogP contribution is 2.18. The van der Waals surface area contributed by atoms with Crippen molar-refractivity contribution in [3.8, 4) is 0 Å². The van der Waals surface area contributed by atoms with Gasteiger partial charge < -0.3 is 16.2 Å². The van der Waals surface area contributed by atoms with E-state index in [1.165, 1.54) is 5.56 Å². The van der Waals surface area contributed by atoms with Crippen LogP contribution in [-0.4, -0.2) is 23.7 Å². The Hall–Kier alpha value is -1.55. The van der Waals surface area contributed by atoms with Gasteiger partial charge in [0.25, 0.3) is 0 Å². The molecule has 18 heavy (non-hydrogen) atoms. The van der Waals surface area contributed by atoms with Crippen LogP contribution in [0.15, 0.2) is 29.3 Å².